The second-order valence-corrected chi connectivity index (χ2v) is 9.07. The highest BCUT2D eigenvalue weighted by molar-refractivity contribution is 5.71. The first-order chi connectivity index (χ1) is 11.9. The van der Waals surface area contributed by atoms with Crippen LogP contribution in [0.2, 0.25) is 0 Å². The minimum absolute atomic E-state index is 0.177. The van der Waals surface area contributed by atoms with Crippen LogP contribution in [0.4, 0.5) is 0 Å². The van der Waals surface area contributed by atoms with E-state index in [9.17, 15) is 25.5 Å². The van der Waals surface area contributed by atoms with E-state index < -0.39 is 16.6 Å². The highest BCUT2D eigenvalue weighted by Crippen LogP contribution is 2.68. The predicted molar refractivity (Wildman–Crippen MR) is 97.3 cm³/mol. The average molecular weight is 356 g/mol. The molecular formula is C21H24O5. The molecule has 2 aromatic rings. The molecule has 0 amide bonds. The van der Waals surface area contributed by atoms with E-state index in [4.69, 9.17) is 0 Å². The highest BCUT2D eigenvalue weighted by Gasteiger charge is 2.59. The smallest absolute Gasteiger partial charge is 0.200 e. The molecule has 0 fully saturated rings. The van der Waals surface area contributed by atoms with E-state index in [0.717, 1.165) is 11.1 Å². The summed E-state index contributed by atoms with van der Waals surface area (Å²) in [7, 11) is 0. The van der Waals surface area contributed by atoms with Gasteiger partial charge in [-0.2, -0.15) is 0 Å². The van der Waals surface area contributed by atoms with E-state index in [-0.39, 0.29) is 28.4 Å². The molecule has 0 saturated heterocycles. The van der Waals surface area contributed by atoms with Crippen LogP contribution >= 0.6 is 0 Å². The van der Waals surface area contributed by atoms with E-state index in [1.807, 2.05) is 19.9 Å². The van der Waals surface area contributed by atoms with Crippen LogP contribution in [0.5, 0.6) is 28.7 Å². The molecule has 5 N–H and O–H groups in total. The van der Waals surface area contributed by atoms with Gasteiger partial charge in [0.05, 0.1) is 0 Å². The van der Waals surface area contributed by atoms with Gasteiger partial charge in [-0.05, 0) is 46.9 Å². The van der Waals surface area contributed by atoms with E-state index >= 15 is 0 Å². The van der Waals surface area contributed by atoms with Crippen LogP contribution in [0.25, 0.3) is 0 Å². The van der Waals surface area contributed by atoms with Crippen molar-refractivity contribution in [3.8, 4) is 28.7 Å². The van der Waals surface area contributed by atoms with Crippen LogP contribution in [0.1, 0.15) is 62.8 Å². The summed E-state index contributed by atoms with van der Waals surface area (Å²) in [4.78, 5) is 0. The van der Waals surface area contributed by atoms with Crippen LogP contribution in [-0.2, 0) is 16.2 Å². The van der Waals surface area contributed by atoms with Gasteiger partial charge in [0, 0.05) is 16.5 Å². The van der Waals surface area contributed by atoms with Gasteiger partial charge in [-0.15, -0.1) is 0 Å². The Labute approximate surface area is 152 Å². The fourth-order valence-electron chi connectivity index (χ4n) is 5.53. The molecule has 2 aliphatic rings. The number of phenols is 5. The molecule has 0 aromatic heterocycles. The third-order valence-electron chi connectivity index (χ3n) is 6.31. The van der Waals surface area contributed by atoms with Crippen molar-refractivity contribution in [1.82, 2.24) is 0 Å². The highest BCUT2D eigenvalue weighted by atomic mass is 16.3. The van der Waals surface area contributed by atoms with Gasteiger partial charge in [0.1, 0.15) is 0 Å². The van der Waals surface area contributed by atoms with Gasteiger partial charge in [-0.25, -0.2) is 0 Å². The normalized spacial score (nSPS) is 24.6. The Morgan fingerprint density at radius 3 is 1.81 bits per heavy atom. The molecule has 2 aromatic carbocycles. The monoisotopic (exact) mass is 356 g/mol. The molecule has 1 atom stereocenters. The van der Waals surface area contributed by atoms with Gasteiger partial charge in [-0.3, -0.25) is 0 Å². The third kappa shape index (κ3) is 1.81. The van der Waals surface area contributed by atoms with Gasteiger partial charge in [0.25, 0.3) is 0 Å². The number of rotatable bonds is 0. The molecule has 0 bridgehead atoms. The molecule has 5 nitrogen and oxygen atoms in total. The van der Waals surface area contributed by atoms with Gasteiger partial charge >= 0.3 is 0 Å². The molecule has 0 heterocycles. The number of hydrogen-bond donors (Lipinski definition) is 5. The summed E-state index contributed by atoms with van der Waals surface area (Å²) >= 11 is 0. The van der Waals surface area contributed by atoms with E-state index in [0.29, 0.717) is 24.0 Å². The largest absolute Gasteiger partial charge is 0.504 e. The Hall–Kier alpha value is -2.56. The summed E-state index contributed by atoms with van der Waals surface area (Å²) in [5.74, 6) is -1.63. The first kappa shape index (κ1) is 16.9. The van der Waals surface area contributed by atoms with Crippen molar-refractivity contribution in [3.05, 3.63) is 40.5 Å². The SMILES string of the molecule is CC1(C)CC2(CC(C)(C)c3cc(O)c(O)c(O)c32)c2c1ccc(O)c2O. The first-order valence-corrected chi connectivity index (χ1v) is 8.77. The number of hydrogen-bond acceptors (Lipinski definition) is 5. The lowest BCUT2D eigenvalue weighted by molar-refractivity contribution is 0.327. The Morgan fingerprint density at radius 2 is 1.19 bits per heavy atom. The molecule has 0 radical (unpaired) electrons. The summed E-state index contributed by atoms with van der Waals surface area (Å²) in [5, 5.41) is 51.8. The molecule has 1 spiro atoms. The maximum absolute atomic E-state index is 10.8. The molecule has 4 rings (SSSR count). The standard InChI is InChI=1S/C21H24O5/c1-19(2)8-21(14-10(19)5-6-12(22)16(14)24)9-20(3,4)11-7-13(23)17(25)18(26)15(11)21/h5-7,22-26H,8-9H2,1-4H3. The summed E-state index contributed by atoms with van der Waals surface area (Å²) < 4.78 is 0. The lowest BCUT2D eigenvalue weighted by Gasteiger charge is -2.31. The van der Waals surface area contributed by atoms with Crippen LogP contribution < -0.4 is 0 Å². The summed E-state index contributed by atoms with van der Waals surface area (Å²) in [5.41, 5.74) is 1.36. The Morgan fingerprint density at radius 1 is 0.654 bits per heavy atom. The predicted octanol–water partition coefficient (Wildman–Crippen LogP) is 3.86. The maximum atomic E-state index is 10.8. The lowest BCUT2D eigenvalue weighted by Crippen LogP contribution is -2.27. The fraction of sp³-hybridized carbons (Fsp3) is 0.429. The van der Waals surface area contributed by atoms with Gasteiger partial charge < -0.3 is 25.5 Å². The van der Waals surface area contributed by atoms with Crippen molar-refractivity contribution in [1.29, 1.82) is 0 Å². The molecule has 138 valence electrons. The van der Waals surface area contributed by atoms with Crippen molar-refractivity contribution in [2.24, 2.45) is 0 Å². The van der Waals surface area contributed by atoms with Crippen LogP contribution in [0, 0.1) is 0 Å². The summed E-state index contributed by atoms with van der Waals surface area (Å²) in [6.07, 6.45) is 1.19. The van der Waals surface area contributed by atoms with Crippen LogP contribution in [0.3, 0.4) is 0 Å². The number of phenolic OH excluding ortho intramolecular Hbond substituents is 5. The van der Waals surface area contributed by atoms with Gasteiger partial charge in [0.15, 0.2) is 23.0 Å². The zero-order chi connectivity index (χ0) is 19.2. The van der Waals surface area contributed by atoms with E-state index in [1.165, 1.54) is 12.1 Å². The van der Waals surface area contributed by atoms with Gasteiger partial charge in [-0.1, -0.05) is 33.8 Å². The number of fused-ring (bicyclic) bond motifs is 4. The molecule has 26 heavy (non-hydrogen) atoms. The van der Waals surface area contributed by atoms with E-state index in [1.54, 1.807) is 0 Å². The Kier molecular flexibility index (Phi) is 2.98. The molecule has 1 unspecified atom stereocenters. The van der Waals surface area contributed by atoms with Crippen molar-refractivity contribution in [2.75, 3.05) is 0 Å². The summed E-state index contributed by atoms with van der Waals surface area (Å²) in [6, 6.07) is 4.81. The average Bonchev–Trinajstić information content (AvgIpc) is 2.87. The minimum Gasteiger partial charge on any atom is -0.504 e. The molecule has 0 aliphatic heterocycles. The molecular weight excluding hydrogens is 332 g/mol. The summed E-state index contributed by atoms with van der Waals surface area (Å²) in [6.45, 7) is 8.17. The maximum Gasteiger partial charge on any atom is 0.200 e. The lowest BCUT2D eigenvalue weighted by atomic mass is 9.72. The zero-order valence-electron chi connectivity index (χ0n) is 15.4. The van der Waals surface area contributed by atoms with Crippen molar-refractivity contribution in [2.45, 2.75) is 56.8 Å². The molecule has 5 heteroatoms. The van der Waals surface area contributed by atoms with Crippen LogP contribution in [-0.4, -0.2) is 25.5 Å². The van der Waals surface area contributed by atoms with Crippen molar-refractivity contribution in [3.63, 3.8) is 0 Å². The quantitative estimate of drug-likeness (QED) is 0.461. The minimum atomic E-state index is -0.754. The Bertz CT molecular complexity index is 958. The van der Waals surface area contributed by atoms with Crippen molar-refractivity contribution < 1.29 is 25.5 Å². The van der Waals surface area contributed by atoms with E-state index in [2.05, 4.69) is 13.8 Å². The molecule has 0 saturated carbocycles. The fourth-order valence-corrected chi connectivity index (χ4v) is 5.53. The topological polar surface area (TPSA) is 101 Å². The first-order valence-electron chi connectivity index (χ1n) is 8.77. The Balaban J connectivity index is 2.15. The second-order valence-electron chi connectivity index (χ2n) is 9.07. The second kappa shape index (κ2) is 4.58. The van der Waals surface area contributed by atoms with Crippen molar-refractivity contribution >= 4 is 0 Å². The molecule has 2 aliphatic carbocycles. The number of aromatic hydroxyl groups is 5. The van der Waals surface area contributed by atoms with Gasteiger partial charge in [0.2, 0.25) is 5.75 Å². The third-order valence-corrected chi connectivity index (χ3v) is 6.31. The van der Waals surface area contributed by atoms with Crippen LogP contribution in [0.15, 0.2) is 18.2 Å². The zero-order valence-corrected chi connectivity index (χ0v) is 15.4. The number of benzene rings is 2.